The summed E-state index contributed by atoms with van der Waals surface area (Å²) in [6, 6.07) is 0.283. The largest absolute Gasteiger partial charge is 0.338 e. The van der Waals surface area contributed by atoms with Crippen LogP contribution in [0.1, 0.15) is 81.6 Å². The number of nitrogens with zero attached hydrogens (tertiary/aromatic N) is 2. The molecule has 0 spiro atoms. The molecule has 0 aromatic carbocycles. The lowest BCUT2D eigenvalue weighted by Gasteiger charge is -2.42. The van der Waals surface area contributed by atoms with Gasteiger partial charge in [-0.15, -0.1) is 5.73 Å². The van der Waals surface area contributed by atoms with E-state index in [0.717, 1.165) is 19.3 Å². The van der Waals surface area contributed by atoms with E-state index in [1.165, 1.54) is 11.1 Å². The Kier molecular flexibility index (Phi) is 11.8. The van der Waals surface area contributed by atoms with Crippen LogP contribution in [0, 0.1) is 35.5 Å². The minimum atomic E-state index is 0.283. The van der Waals surface area contributed by atoms with E-state index < -0.39 is 0 Å². The van der Waals surface area contributed by atoms with Gasteiger partial charge < -0.3 is 9.80 Å². The summed E-state index contributed by atoms with van der Waals surface area (Å²) < 4.78 is 0. The Morgan fingerprint density at radius 1 is 1.09 bits per heavy atom. The van der Waals surface area contributed by atoms with Gasteiger partial charge >= 0.3 is 0 Å². The lowest BCUT2D eigenvalue weighted by molar-refractivity contribution is 0.0940. The van der Waals surface area contributed by atoms with Crippen LogP contribution < -0.4 is 0 Å². The number of rotatable bonds is 10. The summed E-state index contributed by atoms with van der Waals surface area (Å²) in [5.41, 5.74) is 6.12. The Bertz CT molecular complexity index is 884. The normalized spacial score (nSPS) is 25.3. The quantitative estimate of drug-likeness (QED) is 0.161. The number of halogens is 2. The average Bonchev–Trinajstić information content (AvgIpc) is 2.95. The molecule has 1 aliphatic carbocycles. The summed E-state index contributed by atoms with van der Waals surface area (Å²) in [6.07, 6.45) is 16.5. The highest BCUT2D eigenvalue weighted by atomic mass is 35.5. The molecule has 0 aromatic heterocycles. The first-order valence-electron chi connectivity index (χ1n) is 13.5. The smallest absolute Gasteiger partial charge is 0.146 e. The van der Waals surface area contributed by atoms with Crippen LogP contribution >= 0.6 is 23.2 Å². The zero-order valence-corrected chi connectivity index (χ0v) is 25.0. The first-order valence-corrected chi connectivity index (χ1v) is 14.3. The van der Waals surface area contributed by atoms with Crippen LogP contribution in [-0.2, 0) is 0 Å². The maximum absolute atomic E-state index is 6.97. The van der Waals surface area contributed by atoms with Crippen molar-refractivity contribution in [2.75, 3.05) is 6.67 Å². The second kappa shape index (κ2) is 13.8. The van der Waals surface area contributed by atoms with Crippen LogP contribution in [0.4, 0.5) is 0 Å². The SMILES string of the molecule is CCC(C)/C(C)=C/C=C\C(=C\N1CN(C2C(C(C)C)C=C=CCC2C(C)C)C(Cl)=C1Cl)CC(C)C. The first kappa shape index (κ1) is 29.9. The maximum atomic E-state index is 6.97. The highest BCUT2D eigenvalue weighted by molar-refractivity contribution is 6.39. The summed E-state index contributed by atoms with van der Waals surface area (Å²) in [4.78, 5) is 4.48. The molecular formula is C31H48Cl2N2. The van der Waals surface area contributed by atoms with Crippen molar-refractivity contribution in [2.24, 2.45) is 35.5 Å². The van der Waals surface area contributed by atoms with Gasteiger partial charge in [0, 0.05) is 18.2 Å². The van der Waals surface area contributed by atoms with Crippen molar-refractivity contribution in [3.8, 4) is 0 Å². The van der Waals surface area contributed by atoms with Crippen molar-refractivity contribution >= 4 is 23.2 Å². The summed E-state index contributed by atoms with van der Waals surface area (Å²) in [5.74, 6) is 3.04. The van der Waals surface area contributed by atoms with Crippen molar-refractivity contribution in [1.82, 2.24) is 9.80 Å². The Morgan fingerprint density at radius 3 is 2.34 bits per heavy atom. The molecule has 4 unspecified atom stereocenters. The van der Waals surface area contributed by atoms with Gasteiger partial charge in [-0.1, -0.05) is 102 Å². The van der Waals surface area contributed by atoms with Crippen LogP contribution in [0.3, 0.4) is 0 Å². The summed E-state index contributed by atoms with van der Waals surface area (Å²) in [6.45, 7) is 21.2. The van der Waals surface area contributed by atoms with E-state index in [9.17, 15) is 0 Å². The van der Waals surface area contributed by atoms with Crippen LogP contribution in [-0.4, -0.2) is 22.5 Å². The third-order valence-corrected chi connectivity index (χ3v) is 8.51. The fourth-order valence-corrected chi connectivity index (χ4v) is 5.58. The maximum Gasteiger partial charge on any atom is 0.146 e. The zero-order chi connectivity index (χ0) is 26.3. The molecule has 0 amide bonds. The van der Waals surface area contributed by atoms with Gasteiger partial charge in [-0.05, 0) is 73.5 Å². The lowest BCUT2D eigenvalue weighted by Crippen LogP contribution is -2.47. The van der Waals surface area contributed by atoms with E-state index in [1.807, 2.05) is 0 Å². The lowest BCUT2D eigenvalue weighted by atomic mass is 9.75. The van der Waals surface area contributed by atoms with E-state index >= 15 is 0 Å². The molecule has 196 valence electrons. The molecule has 0 aromatic rings. The van der Waals surface area contributed by atoms with Gasteiger partial charge in [-0.3, -0.25) is 0 Å². The molecular weight excluding hydrogens is 471 g/mol. The molecule has 0 saturated carbocycles. The van der Waals surface area contributed by atoms with Gasteiger partial charge in [-0.25, -0.2) is 0 Å². The average molecular weight is 520 g/mol. The molecule has 1 heterocycles. The van der Waals surface area contributed by atoms with Crippen LogP contribution in [0.5, 0.6) is 0 Å². The van der Waals surface area contributed by atoms with E-state index in [4.69, 9.17) is 23.2 Å². The molecule has 0 fully saturated rings. The van der Waals surface area contributed by atoms with Crippen LogP contribution in [0.25, 0.3) is 0 Å². The Balaban J connectivity index is 2.37. The minimum Gasteiger partial charge on any atom is -0.338 e. The Hall–Kier alpha value is -1.34. The van der Waals surface area contributed by atoms with Gasteiger partial charge in [0.05, 0.1) is 6.67 Å². The fourth-order valence-electron chi connectivity index (χ4n) is 5.09. The highest BCUT2D eigenvalue weighted by Gasteiger charge is 2.41. The number of hydrogen-bond donors (Lipinski definition) is 0. The fraction of sp³-hybridized carbons (Fsp3) is 0.645. The van der Waals surface area contributed by atoms with Crippen LogP contribution in [0.2, 0.25) is 0 Å². The summed E-state index contributed by atoms with van der Waals surface area (Å²) in [5, 5.41) is 1.29. The third kappa shape index (κ3) is 8.08. The van der Waals surface area contributed by atoms with E-state index in [-0.39, 0.29) is 6.04 Å². The molecule has 0 N–H and O–H groups in total. The van der Waals surface area contributed by atoms with E-state index in [1.54, 1.807) is 0 Å². The van der Waals surface area contributed by atoms with Gasteiger partial charge in [0.15, 0.2) is 0 Å². The van der Waals surface area contributed by atoms with Gasteiger partial charge in [-0.2, -0.15) is 0 Å². The topological polar surface area (TPSA) is 6.48 Å². The zero-order valence-electron chi connectivity index (χ0n) is 23.5. The molecule has 4 atom stereocenters. The summed E-state index contributed by atoms with van der Waals surface area (Å²) in [7, 11) is 0. The van der Waals surface area contributed by atoms with E-state index in [0.29, 0.717) is 52.5 Å². The molecule has 0 saturated heterocycles. The number of hydrogen-bond acceptors (Lipinski definition) is 2. The standard InChI is InChI=1S/C31H48Cl2N2/c1-10-24(8)25(9)14-13-15-26(18-21(2)3)19-34-20-35(31(33)30(34)32)29-27(22(4)5)16-11-12-17-28(29)23(6)7/h11,13-15,17,19,21-24,27-29H,10,16,18,20H2,1-9H3/b15-13-,25-14+,26-19-. The second-order valence-corrected chi connectivity index (χ2v) is 12.3. The minimum absolute atomic E-state index is 0.283. The molecule has 1 aliphatic heterocycles. The molecule has 4 heteroatoms. The Labute approximate surface area is 226 Å². The van der Waals surface area contributed by atoms with Crippen LogP contribution in [0.15, 0.2) is 63.8 Å². The molecule has 0 bridgehead atoms. The van der Waals surface area contributed by atoms with E-state index in [2.05, 4.69) is 114 Å². The number of allylic oxidation sites excluding steroid dienone is 5. The van der Waals surface area contributed by atoms with Crippen molar-refractivity contribution in [3.63, 3.8) is 0 Å². The molecule has 2 nitrogen and oxygen atoms in total. The molecule has 2 rings (SSSR count). The van der Waals surface area contributed by atoms with Gasteiger partial charge in [0.1, 0.15) is 10.3 Å². The molecule has 35 heavy (non-hydrogen) atoms. The van der Waals surface area contributed by atoms with Gasteiger partial charge in [0.25, 0.3) is 0 Å². The first-order chi connectivity index (χ1) is 16.5. The Morgan fingerprint density at radius 2 is 1.77 bits per heavy atom. The van der Waals surface area contributed by atoms with Crippen molar-refractivity contribution in [2.45, 2.75) is 87.6 Å². The predicted molar refractivity (Wildman–Crippen MR) is 155 cm³/mol. The predicted octanol–water partition coefficient (Wildman–Crippen LogP) is 9.67. The van der Waals surface area contributed by atoms with Gasteiger partial charge in [0.2, 0.25) is 0 Å². The highest BCUT2D eigenvalue weighted by Crippen LogP contribution is 2.42. The van der Waals surface area contributed by atoms with Crippen molar-refractivity contribution in [1.29, 1.82) is 0 Å². The summed E-state index contributed by atoms with van der Waals surface area (Å²) >= 11 is 13.8. The van der Waals surface area contributed by atoms with Crippen molar-refractivity contribution in [3.05, 3.63) is 63.8 Å². The molecule has 0 radical (unpaired) electrons. The second-order valence-electron chi connectivity index (χ2n) is 11.5. The third-order valence-electron chi connectivity index (χ3n) is 7.62. The van der Waals surface area contributed by atoms with Crippen molar-refractivity contribution < 1.29 is 0 Å². The molecule has 2 aliphatic rings. The monoisotopic (exact) mass is 518 g/mol.